The van der Waals surface area contributed by atoms with Crippen LogP contribution < -0.4 is 5.56 Å². The minimum atomic E-state index is -0.203. The van der Waals surface area contributed by atoms with Gasteiger partial charge in [0.25, 0.3) is 11.5 Å². The molecule has 6 heteroatoms. The van der Waals surface area contributed by atoms with E-state index in [9.17, 15) is 9.59 Å². The SMILES string of the molecule is CCCN(C(=O)c1ccc(=O)n(C)n1)[C@@H]1C[C@@H](OCC)C12CCCC2. The van der Waals surface area contributed by atoms with Crippen molar-refractivity contribution < 1.29 is 9.53 Å². The van der Waals surface area contributed by atoms with Crippen LogP contribution in [0.5, 0.6) is 0 Å². The van der Waals surface area contributed by atoms with Crippen LogP contribution in [0, 0.1) is 5.41 Å². The van der Waals surface area contributed by atoms with Crippen LogP contribution in [0.3, 0.4) is 0 Å². The molecule has 1 heterocycles. The number of carbonyl (C=O) groups excluding carboxylic acids is 1. The number of amides is 1. The summed E-state index contributed by atoms with van der Waals surface area (Å²) in [6.07, 6.45) is 6.78. The number of hydrogen-bond donors (Lipinski definition) is 0. The van der Waals surface area contributed by atoms with Gasteiger partial charge in [0, 0.05) is 37.7 Å². The molecule has 2 saturated carbocycles. The van der Waals surface area contributed by atoms with E-state index in [0.717, 1.165) is 32.3 Å². The summed E-state index contributed by atoms with van der Waals surface area (Å²) in [6.45, 7) is 5.58. The van der Waals surface area contributed by atoms with Crippen LogP contribution in [-0.4, -0.2) is 45.9 Å². The summed E-state index contributed by atoms with van der Waals surface area (Å²) in [4.78, 5) is 26.7. The number of hydrogen-bond acceptors (Lipinski definition) is 4. The molecule has 1 amide bonds. The summed E-state index contributed by atoms with van der Waals surface area (Å²) < 4.78 is 7.22. The fourth-order valence-corrected chi connectivity index (χ4v) is 4.69. The molecule has 2 atom stereocenters. The highest BCUT2D eigenvalue weighted by molar-refractivity contribution is 5.92. The Kier molecular flexibility index (Phi) is 5.27. The average Bonchev–Trinajstić information content (AvgIpc) is 3.11. The summed E-state index contributed by atoms with van der Waals surface area (Å²) in [5.74, 6) is -0.0660. The Balaban J connectivity index is 1.86. The van der Waals surface area contributed by atoms with Crippen LogP contribution >= 0.6 is 0 Å². The molecule has 2 fully saturated rings. The monoisotopic (exact) mass is 347 g/mol. The van der Waals surface area contributed by atoms with Gasteiger partial charge < -0.3 is 9.64 Å². The second-order valence-corrected chi connectivity index (χ2v) is 7.31. The first kappa shape index (κ1) is 18.1. The first-order valence-corrected chi connectivity index (χ1v) is 9.50. The third kappa shape index (κ3) is 3.12. The lowest BCUT2D eigenvalue weighted by Gasteiger charge is -2.57. The van der Waals surface area contributed by atoms with E-state index in [1.54, 1.807) is 13.1 Å². The van der Waals surface area contributed by atoms with Crippen LogP contribution in [-0.2, 0) is 11.8 Å². The van der Waals surface area contributed by atoms with Gasteiger partial charge in [-0.3, -0.25) is 9.59 Å². The molecule has 1 aromatic rings. The summed E-state index contributed by atoms with van der Waals surface area (Å²) in [5.41, 5.74) is 0.260. The van der Waals surface area contributed by atoms with E-state index in [2.05, 4.69) is 12.0 Å². The van der Waals surface area contributed by atoms with E-state index in [1.807, 2.05) is 11.8 Å². The van der Waals surface area contributed by atoms with Crippen LogP contribution in [0.25, 0.3) is 0 Å². The van der Waals surface area contributed by atoms with Gasteiger partial charge in [-0.1, -0.05) is 19.8 Å². The predicted octanol–water partition coefficient (Wildman–Crippen LogP) is 2.37. The molecule has 0 aliphatic heterocycles. The summed E-state index contributed by atoms with van der Waals surface area (Å²) >= 11 is 0. The highest BCUT2D eigenvalue weighted by atomic mass is 16.5. The van der Waals surface area contributed by atoms with E-state index in [4.69, 9.17) is 4.74 Å². The van der Waals surface area contributed by atoms with Crippen molar-refractivity contribution in [2.75, 3.05) is 13.2 Å². The lowest BCUT2D eigenvalue weighted by molar-refractivity contribution is -0.156. The largest absolute Gasteiger partial charge is 0.378 e. The topological polar surface area (TPSA) is 64.4 Å². The first-order valence-electron chi connectivity index (χ1n) is 9.50. The van der Waals surface area contributed by atoms with E-state index >= 15 is 0 Å². The zero-order valence-corrected chi connectivity index (χ0v) is 15.5. The van der Waals surface area contributed by atoms with E-state index < -0.39 is 0 Å². The number of rotatable bonds is 6. The summed E-state index contributed by atoms with van der Waals surface area (Å²) in [5, 5.41) is 4.17. The molecule has 0 N–H and O–H groups in total. The van der Waals surface area contributed by atoms with Crippen LogP contribution in [0.1, 0.15) is 62.9 Å². The Morgan fingerprint density at radius 1 is 1.36 bits per heavy atom. The van der Waals surface area contributed by atoms with Crippen LogP contribution in [0.15, 0.2) is 16.9 Å². The Morgan fingerprint density at radius 3 is 2.68 bits per heavy atom. The van der Waals surface area contributed by atoms with E-state index in [-0.39, 0.29) is 29.0 Å². The second kappa shape index (κ2) is 7.28. The van der Waals surface area contributed by atoms with Gasteiger partial charge in [-0.15, -0.1) is 0 Å². The molecule has 2 aliphatic carbocycles. The standard InChI is InChI=1S/C19H29N3O3/c1-4-12-22(18(24)14-8-9-17(23)21(3)20-14)15-13-16(25-5-2)19(15)10-6-7-11-19/h8-9,15-16H,4-7,10-13H2,1-3H3/t15-,16-/m1/s1. The molecule has 0 unspecified atom stereocenters. The molecule has 25 heavy (non-hydrogen) atoms. The molecule has 1 aromatic heterocycles. The van der Waals surface area contributed by atoms with Gasteiger partial charge in [-0.25, -0.2) is 4.68 Å². The molecular formula is C19H29N3O3. The normalized spacial score (nSPS) is 24.3. The number of carbonyl (C=O) groups is 1. The summed E-state index contributed by atoms with van der Waals surface area (Å²) in [6, 6.07) is 3.19. The molecule has 0 radical (unpaired) electrons. The molecule has 3 rings (SSSR count). The Bertz CT molecular complexity index is 679. The van der Waals surface area contributed by atoms with E-state index in [0.29, 0.717) is 12.2 Å². The molecule has 2 aliphatic rings. The quantitative estimate of drug-likeness (QED) is 0.792. The molecular weight excluding hydrogens is 318 g/mol. The molecule has 138 valence electrons. The van der Waals surface area contributed by atoms with E-state index in [1.165, 1.54) is 23.6 Å². The predicted molar refractivity (Wildman–Crippen MR) is 95.5 cm³/mol. The van der Waals surface area contributed by atoms with Gasteiger partial charge in [0.05, 0.1) is 6.10 Å². The molecule has 0 saturated heterocycles. The minimum Gasteiger partial charge on any atom is -0.378 e. The van der Waals surface area contributed by atoms with Crippen LogP contribution in [0.4, 0.5) is 0 Å². The Hall–Kier alpha value is -1.69. The maximum atomic E-state index is 13.1. The number of aromatic nitrogens is 2. The van der Waals surface area contributed by atoms with Crippen molar-refractivity contribution in [3.63, 3.8) is 0 Å². The summed E-state index contributed by atoms with van der Waals surface area (Å²) in [7, 11) is 1.58. The molecule has 0 aromatic carbocycles. The second-order valence-electron chi connectivity index (χ2n) is 7.31. The molecule has 6 nitrogen and oxygen atoms in total. The maximum absolute atomic E-state index is 13.1. The average molecular weight is 347 g/mol. The Morgan fingerprint density at radius 2 is 2.08 bits per heavy atom. The van der Waals surface area contributed by atoms with Crippen molar-refractivity contribution in [1.29, 1.82) is 0 Å². The minimum absolute atomic E-state index is 0.0660. The molecule has 0 bridgehead atoms. The van der Waals surface area contributed by atoms with Crippen molar-refractivity contribution in [2.24, 2.45) is 12.5 Å². The van der Waals surface area contributed by atoms with Crippen molar-refractivity contribution in [3.05, 3.63) is 28.2 Å². The molecule has 1 spiro atoms. The number of aryl methyl sites for hydroxylation is 1. The van der Waals surface area contributed by atoms with Gasteiger partial charge in [-0.2, -0.15) is 5.10 Å². The van der Waals surface area contributed by atoms with Gasteiger partial charge in [0.1, 0.15) is 5.69 Å². The number of nitrogens with zero attached hydrogens (tertiary/aromatic N) is 3. The smallest absolute Gasteiger partial charge is 0.274 e. The fraction of sp³-hybridized carbons (Fsp3) is 0.737. The van der Waals surface area contributed by atoms with Gasteiger partial charge in [0.15, 0.2) is 0 Å². The van der Waals surface area contributed by atoms with Gasteiger partial charge in [-0.05, 0) is 38.7 Å². The Labute approximate surface area is 149 Å². The highest BCUT2D eigenvalue weighted by Gasteiger charge is 2.59. The zero-order chi connectivity index (χ0) is 18.0. The zero-order valence-electron chi connectivity index (χ0n) is 15.5. The van der Waals surface area contributed by atoms with Crippen molar-refractivity contribution in [2.45, 2.75) is 64.5 Å². The third-order valence-corrected chi connectivity index (χ3v) is 5.93. The van der Waals surface area contributed by atoms with Crippen molar-refractivity contribution >= 4 is 5.91 Å². The first-order chi connectivity index (χ1) is 12.0. The lowest BCUT2D eigenvalue weighted by atomic mass is 9.59. The fourth-order valence-electron chi connectivity index (χ4n) is 4.69. The lowest BCUT2D eigenvalue weighted by Crippen LogP contribution is -2.65. The van der Waals surface area contributed by atoms with Gasteiger partial charge in [0.2, 0.25) is 0 Å². The maximum Gasteiger partial charge on any atom is 0.274 e. The van der Waals surface area contributed by atoms with Crippen LogP contribution in [0.2, 0.25) is 0 Å². The van der Waals surface area contributed by atoms with Crippen molar-refractivity contribution in [1.82, 2.24) is 14.7 Å². The third-order valence-electron chi connectivity index (χ3n) is 5.93. The highest BCUT2D eigenvalue weighted by Crippen LogP contribution is 2.56. The number of ether oxygens (including phenoxy) is 1. The van der Waals surface area contributed by atoms with Crippen molar-refractivity contribution in [3.8, 4) is 0 Å². The van der Waals surface area contributed by atoms with Gasteiger partial charge >= 0.3 is 0 Å².